The highest BCUT2D eigenvalue weighted by Crippen LogP contribution is 2.11. The third kappa shape index (κ3) is 4.56. The van der Waals surface area contributed by atoms with Crippen LogP contribution in [0.1, 0.15) is 35.2 Å². The molecule has 21 heavy (non-hydrogen) atoms. The van der Waals surface area contributed by atoms with Crippen LogP contribution in [0.2, 0.25) is 0 Å². The lowest BCUT2D eigenvalue weighted by Gasteiger charge is -2.08. The van der Waals surface area contributed by atoms with E-state index in [9.17, 15) is 4.79 Å². The molecule has 1 aromatic carbocycles. The van der Waals surface area contributed by atoms with Crippen LogP contribution < -0.4 is 10.6 Å². The van der Waals surface area contributed by atoms with Gasteiger partial charge in [-0.3, -0.25) is 4.79 Å². The first-order valence-corrected chi connectivity index (χ1v) is 7.09. The van der Waals surface area contributed by atoms with Crippen molar-refractivity contribution >= 4 is 11.6 Å². The molecule has 0 fully saturated rings. The standard InChI is InChI=1S/C16H20N4O/c1-3-8-18-16(21)13-5-4-6-14(10-13)19-11-15-7-9-17-12(2)20-15/h4-7,9-10,19H,3,8,11H2,1-2H3,(H,18,21). The zero-order valence-electron chi connectivity index (χ0n) is 12.4. The zero-order chi connectivity index (χ0) is 15.1. The average Bonchev–Trinajstić information content (AvgIpc) is 2.51. The number of carbonyl (C=O) groups is 1. The molecular formula is C16H20N4O. The van der Waals surface area contributed by atoms with E-state index in [0.717, 1.165) is 23.6 Å². The van der Waals surface area contributed by atoms with Gasteiger partial charge in [0.1, 0.15) is 5.82 Å². The predicted molar refractivity (Wildman–Crippen MR) is 83.2 cm³/mol. The van der Waals surface area contributed by atoms with Gasteiger partial charge in [-0.2, -0.15) is 0 Å². The highest BCUT2D eigenvalue weighted by Gasteiger charge is 2.05. The molecular weight excluding hydrogens is 264 g/mol. The minimum absolute atomic E-state index is 0.0432. The molecule has 0 aliphatic carbocycles. The summed E-state index contributed by atoms with van der Waals surface area (Å²) in [5.74, 6) is 0.709. The van der Waals surface area contributed by atoms with E-state index in [1.165, 1.54) is 0 Å². The third-order valence-corrected chi connectivity index (χ3v) is 2.97. The molecule has 0 aliphatic rings. The summed E-state index contributed by atoms with van der Waals surface area (Å²) in [7, 11) is 0. The lowest BCUT2D eigenvalue weighted by atomic mass is 10.2. The van der Waals surface area contributed by atoms with Gasteiger partial charge in [-0.25, -0.2) is 9.97 Å². The van der Waals surface area contributed by atoms with Gasteiger partial charge in [0.25, 0.3) is 5.91 Å². The molecule has 0 radical (unpaired) electrons. The Morgan fingerprint density at radius 3 is 2.90 bits per heavy atom. The van der Waals surface area contributed by atoms with E-state index >= 15 is 0 Å². The number of hydrogen-bond acceptors (Lipinski definition) is 4. The number of aryl methyl sites for hydroxylation is 1. The Labute approximate surface area is 124 Å². The number of hydrogen-bond donors (Lipinski definition) is 2. The lowest BCUT2D eigenvalue weighted by Crippen LogP contribution is -2.23. The fourth-order valence-electron chi connectivity index (χ4n) is 1.91. The number of carbonyl (C=O) groups excluding carboxylic acids is 1. The topological polar surface area (TPSA) is 66.9 Å². The molecule has 0 saturated carbocycles. The van der Waals surface area contributed by atoms with Crippen molar-refractivity contribution in [3.63, 3.8) is 0 Å². The molecule has 0 atom stereocenters. The Morgan fingerprint density at radius 1 is 1.29 bits per heavy atom. The molecule has 0 bridgehead atoms. The van der Waals surface area contributed by atoms with E-state index in [-0.39, 0.29) is 5.91 Å². The molecule has 1 aromatic heterocycles. The second kappa shape index (κ2) is 7.38. The van der Waals surface area contributed by atoms with Crippen molar-refractivity contribution in [3.05, 3.63) is 53.6 Å². The molecule has 0 spiro atoms. The van der Waals surface area contributed by atoms with E-state index < -0.39 is 0 Å². The largest absolute Gasteiger partial charge is 0.379 e. The molecule has 1 amide bonds. The van der Waals surface area contributed by atoms with Gasteiger partial charge in [0.15, 0.2) is 0 Å². The first-order valence-electron chi connectivity index (χ1n) is 7.09. The van der Waals surface area contributed by atoms with Crippen molar-refractivity contribution in [2.24, 2.45) is 0 Å². The molecule has 0 saturated heterocycles. The fourth-order valence-corrected chi connectivity index (χ4v) is 1.91. The van der Waals surface area contributed by atoms with Crippen LogP contribution in [0.4, 0.5) is 5.69 Å². The normalized spacial score (nSPS) is 10.2. The molecule has 5 nitrogen and oxygen atoms in total. The summed E-state index contributed by atoms with van der Waals surface area (Å²) in [5, 5.41) is 6.14. The molecule has 0 aliphatic heterocycles. The second-order valence-corrected chi connectivity index (χ2v) is 4.79. The molecule has 2 N–H and O–H groups in total. The van der Waals surface area contributed by atoms with Crippen LogP contribution in [0, 0.1) is 6.92 Å². The Hall–Kier alpha value is -2.43. The monoisotopic (exact) mass is 284 g/mol. The van der Waals surface area contributed by atoms with Crippen LogP contribution in [0.25, 0.3) is 0 Å². The summed E-state index contributed by atoms with van der Waals surface area (Å²) in [4.78, 5) is 20.3. The number of rotatable bonds is 6. The van der Waals surface area contributed by atoms with E-state index in [0.29, 0.717) is 18.7 Å². The Balaban J connectivity index is 1.99. The first kappa shape index (κ1) is 15.0. The molecule has 110 valence electrons. The highest BCUT2D eigenvalue weighted by molar-refractivity contribution is 5.95. The van der Waals surface area contributed by atoms with Gasteiger partial charge >= 0.3 is 0 Å². The predicted octanol–water partition coefficient (Wildman–Crippen LogP) is 2.54. The van der Waals surface area contributed by atoms with Crippen molar-refractivity contribution in [3.8, 4) is 0 Å². The summed E-state index contributed by atoms with van der Waals surface area (Å²) >= 11 is 0. The second-order valence-electron chi connectivity index (χ2n) is 4.79. The van der Waals surface area contributed by atoms with Crippen LogP contribution in [-0.2, 0) is 6.54 Å². The number of nitrogens with one attached hydrogen (secondary N) is 2. The van der Waals surface area contributed by atoms with Crippen molar-refractivity contribution in [1.29, 1.82) is 0 Å². The molecule has 5 heteroatoms. The average molecular weight is 284 g/mol. The number of anilines is 1. The molecule has 0 unspecified atom stereocenters. The lowest BCUT2D eigenvalue weighted by molar-refractivity contribution is 0.0953. The van der Waals surface area contributed by atoms with Crippen molar-refractivity contribution in [2.45, 2.75) is 26.8 Å². The maximum Gasteiger partial charge on any atom is 0.251 e. The van der Waals surface area contributed by atoms with Gasteiger partial charge in [-0.05, 0) is 37.6 Å². The van der Waals surface area contributed by atoms with Crippen molar-refractivity contribution in [2.75, 3.05) is 11.9 Å². The van der Waals surface area contributed by atoms with E-state index in [1.807, 2.05) is 44.2 Å². The summed E-state index contributed by atoms with van der Waals surface area (Å²) < 4.78 is 0. The van der Waals surface area contributed by atoms with Crippen molar-refractivity contribution in [1.82, 2.24) is 15.3 Å². The van der Waals surface area contributed by atoms with Gasteiger partial charge in [-0.15, -0.1) is 0 Å². The van der Waals surface area contributed by atoms with Crippen LogP contribution in [0.5, 0.6) is 0 Å². The Bertz CT molecular complexity index is 613. The quantitative estimate of drug-likeness (QED) is 0.855. The smallest absolute Gasteiger partial charge is 0.251 e. The number of nitrogens with zero attached hydrogens (tertiary/aromatic N) is 2. The van der Waals surface area contributed by atoms with Gasteiger partial charge in [0.2, 0.25) is 0 Å². The Kier molecular flexibility index (Phi) is 5.26. The first-order chi connectivity index (χ1) is 10.2. The molecule has 2 aromatic rings. The highest BCUT2D eigenvalue weighted by atomic mass is 16.1. The molecule has 1 heterocycles. The van der Waals surface area contributed by atoms with Gasteiger partial charge in [-0.1, -0.05) is 13.0 Å². The van der Waals surface area contributed by atoms with Gasteiger partial charge in [0, 0.05) is 24.0 Å². The zero-order valence-corrected chi connectivity index (χ0v) is 12.4. The van der Waals surface area contributed by atoms with Gasteiger partial charge in [0.05, 0.1) is 12.2 Å². The third-order valence-electron chi connectivity index (χ3n) is 2.97. The van der Waals surface area contributed by atoms with Crippen LogP contribution in [0.15, 0.2) is 36.5 Å². The summed E-state index contributed by atoms with van der Waals surface area (Å²) in [6.07, 6.45) is 2.67. The fraction of sp³-hybridized carbons (Fsp3) is 0.312. The SMILES string of the molecule is CCCNC(=O)c1cccc(NCc2ccnc(C)n2)c1. The summed E-state index contributed by atoms with van der Waals surface area (Å²) in [6.45, 7) is 5.18. The summed E-state index contributed by atoms with van der Waals surface area (Å²) in [6, 6.07) is 9.33. The van der Waals surface area contributed by atoms with Crippen LogP contribution in [-0.4, -0.2) is 22.4 Å². The number of aromatic nitrogens is 2. The van der Waals surface area contributed by atoms with Gasteiger partial charge < -0.3 is 10.6 Å². The van der Waals surface area contributed by atoms with Crippen LogP contribution >= 0.6 is 0 Å². The summed E-state index contributed by atoms with van der Waals surface area (Å²) in [5.41, 5.74) is 2.48. The van der Waals surface area contributed by atoms with E-state index in [2.05, 4.69) is 20.6 Å². The van der Waals surface area contributed by atoms with E-state index in [4.69, 9.17) is 0 Å². The Morgan fingerprint density at radius 2 is 2.14 bits per heavy atom. The molecule has 2 rings (SSSR count). The minimum atomic E-state index is -0.0432. The minimum Gasteiger partial charge on any atom is -0.379 e. The number of amides is 1. The van der Waals surface area contributed by atoms with Crippen LogP contribution in [0.3, 0.4) is 0 Å². The van der Waals surface area contributed by atoms with Crippen molar-refractivity contribution < 1.29 is 4.79 Å². The van der Waals surface area contributed by atoms with E-state index in [1.54, 1.807) is 6.20 Å². The maximum absolute atomic E-state index is 11.9. The number of benzene rings is 1. The maximum atomic E-state index is 11.9.